The monoisotopic (exact) mass is 220 g/mol. The quantitative estimate of drug-likeness (QED) is 0.592. The minimum absolute atomic E-state index is 0.170. The number of rotatable bonds is 5. The SMILES string of the molecule is CCOC(=O)C(CO)(CO)C1OC(C)O1. The van der Waals surface area contributed by atoms with Crippen LogP contribution in [0.2, 0.25) is 0 Å². The van der Waals surface area contributed by atoms with Crippen molar-refractivity contribution in [3.8, 4) is 0 Å². The molecule has 0 radical (unpaired) electrons. The molecule has 0 aromatic carbocycles. The number of ether oxygens (including phenoxy) is 3. The van der Waals surface area contributed by atoms with Gasteiger partial charge in [-0.3, -0.25) is 4.79 Å². The first-order valence-electron chi connectivity index (χ1n) is 4.80. The zero-order valence-corrected chi connectivity index (χ0v) is 8.80. The molecule has 6 nitrogen and oxygen atoms in total. The van der Waals surface area contributed by atoms with Gasteiger partial charge in [0.25, 0.3) is 0 Å². The van der Waals surface area contributed by atoms with Gasteiger partial charge in [-0.05, 0) is 13.8 Å². The smallest absolute Gasteiger partial charge is 0.322 e. The van der Waals surface area contributed by atoms with E-state index in [1.54, 1.807) is 13.8 Å². The molecule has 1 rings (SSSR count). The summed E-state index contributed by atoms with van der Waals surface area (Å²) in [5.41, 5.74) is -1.53. The standard InChI is InChI=1S/C9H16O6/c1-3-13-7(12)9(4-10,5-11)8-14-6(2)15-8/h6,8,10-11H,3-5H2,1-2H3. The maximum Gasteiger partial charge on any atom is 0.322 e. The molecular weight excluding hydrogens is 204 g/mol. The van der Waals surface area contributed by atoms with Crippen LogP contribution in [0.25, 0.3) is 0 Å². The van der Waals surface area contributed by atoms with Crippen LogP contribution in [0.1, 0.15) is 13.8 Å². The minimum Gasteiger partial charge on any atom is -0.465 e. The zero-order valence-electron chi connectivity index (χ0n) is 8.80. The van der Waals surface area contributed by atoms with E-state index in [0.717, 1.165) is 0 Å². The van der Waals surface area contributed by atoms with Crippen LogP contribution in [0.3, 0.4) is 0 Å². The van der Waals surface area contributed by atoms with E-state index in [0.29, 0.717) is 0 Å². The van der Waals surface area contributed by atoms with Gasteiger partial charge in [-0.25, -0.2) is 0 Å². The first-order valence-corrected chi connectivity index (χ1v) is 4.80. The third-order valence-corrected chi connectivity index (χ3v) is 2.33. The van der Waals surface area contributed by atoms with Crippen molar-refractivity contribution in [3.05, 3.63) is 0 Å². The molecule has 0 unspecified atom stereocenters. The van der Waals surface area contributed by atoms with E-state index >= 15 is 0 Å². The van der Waals surface area contributed by atoms with Crippen LogP contribution >= 0.6 is 0 Å². The van der Waals surface area contributed by atoms with Crippen LogP contribution in [0, 0.1) is 5.41 Å². The summed E-state index contributed by atoms with van der Waals surface area (Å²) >= 11 is 0. The molecule has 2 N–H and O–H groups in total. The Labute approximate surface area is 87.7 Å². The molecule has 0 saturated carbocycles. The van der Waals surface area contributed by atoms with Gasteiger partial charge in [-0.2, -0.15) is 0 Å². The van der Waals surface area contributed by atoms with Crippen LogP contribution in [-0.2, 0) is 19.0 Å². The van der Waals surface area contributed by atoms with Gasteiger partial charge in [0.1, 0.15) is 0 Å². The first-order chi connectivity index (χ1) is 7.10. The third-order valence-electron chi connectivity index (χ3n) is 2.33. The molecule has 0 spiro atoms. The van der Waals surface area contributed by atoms with Crippen molar-refractivity contribution >= 4 is 5.97 Å². The van der Waals surface area contributed by atoms with Crippen molar-refractivity contribution in [2.24, 2.45) is 5.41 Å². The molecule has 1 aliphatic heterocycles. The molecule has 88 valence electrons. The summed E-state index contributed by atoms with van der Waals surface area (Å²) in [5.74, 6) is -0.716. The molecule has 1 heterocycles. The van der Waals surface area contributed by atoms with Crippen molar-refractivity contribution in [3.63, 3.8) is 0 Å². The molecule has 6 heteroatoms. The first kappa shape index (κ1) is 12.4. The fraction of sp³-hybridized carbons (Fsp3) is 0.889. The number of carbonyl (C=O) groups is 1. The van der Waals surface area contributed by atoms with E-state index in [2.05, 4.69) is 0 Å². The highest BCUT2D eigenvalue weighted by Gasteiger charge is 2.53. The summed E-state index contributed by atoms with van der Waals surface area (Å²) in [4.78, 5) is 11.6. The van der Waals surface area contributed by atoms with Crippen molar-refractivity contribution in [1.82, 2.24) is 0 Å². The summed E-state index contributed by atoms with van der Waals surface area (Å²) in [7, 11) is 0. The molecular formula is C9H16O6. The normalized spacial score (nSPS) is 25.9. The second-order valence-corrected chi connectivity index (χ2v) is 3.36. The zero-order chi connectivity index (χ0) is 11.5. The van der Waals surface area contributed by atoms with E-state index in [9.17, 15) is 15.0 Å². The van der Waals surface area contributed by atoms with Gasteiger partial charge in [0.05, 0.1) is 19.8 Å². The second-order valence-electron chi connectivity index (χ2n) is 3.36. The lowest BCUT2D eigenvalue weighted by Crippen LogP contribution is -2.58. The van der Waals surface area contributed by atoms with E-state index in [-0.39, 0.29) is 6.61 Å². The number of carbonyl (C=O) groups excluding carboxylic acids is 1. The Morgan fingerprint density at radius 1 is 1.40 bits per heavy atom. The maximum absolute atomic E-state index is 11.6. The molecule has 1 fully saturated rings. The highest BCUT2D eigenvalue weighted by Crippen LogP contribution is 2.34. The van der Waals surface area contributed by atoms with E-state index < -0.39 is 37.2 Å². The van der Waals surface area contributed by atoms with Crippen molar-refractivity contribution < 1.29 is 29.2 Å². The van der Waals surface area contributed by atoms with Crippen molar-refractivity contribution in [2.45, 2.75) is 26.4 Å². The average Bonchev–Trinajstić information content (AvgIpc) is 2.18. The van der Waals surface area contributed by atoms with E-state index in [1.807, 2.05) is 0 Å². The lowest BCUT2D eigenvalue weighted by molar-refractivity contribution is -0.411. The summed E-state index contributed by atoms with van der Waals surface area (Å²) in [6.45, 7) is 2.30. The number of aliphatic hydroxyl groups is 2. The van der Waals surface area contributed by atoms with Crippen LogP contribution in [0.5, 0.6) is 0 Å². The van der Waals surface area contributed by atoms with E-state index in [1.165, 1.54) is 0 Å². The number of esters is 1. The molecule has 1 saturated heterocycles. The fourth-order valence-electron chi connectivity index (χ4n) is 1.32. The Bertz CT molecular complexity index is 219. The Balaban J connectivity index is 2.73. The summed E-state index contributed by atoms with van der Waals surface area (Å²) in [5, 5.41) is 18.3. The van der Waals surface area contributed by atoms with Gasteiger partial charge in [-0.1, -0.05) is 0 Å². The number of hydrogen-bond donors (Lipinski definition) is 2. The van der Waals surface area contributed by atoms with Crippen LogP contribution in [0.4, 0.5) is 0 Å². The van der Waals surface area contributed by atoms with Gasteiger partial charge >= 0.3 is 5.97 Å². The molecule has 0 aliphatic carbocycles. The summed E-state index contributed by atoms with van der Waals surface area (Å²) in [6, 6.07) is 0. The molecule has 15 heavy (non-hydrogen) atoms. The lowest BCUT2D eigenvalue weighted by atomic mass is 9.88. The molecule has 0 amide bonds. The average molecular weight is 220 g/mol. The Hall–Kier alpha value is -0.690. The van der Waals surface area contributed by atoms with Gasteiger partial charge in [0, 0.05) is 0 Å². The third kappa shape index (κ3) is 2.12. The Kier molecular flexibility index (Phi) is 4.04. The van der Waals surface area contributed by atoms with E-state index in [4.69, 9.17) is 14.2 Å². The predicted molar refractivity (Wildman–Crippen MR) is 48.7 cm³/mol. The van der Waals surface area contributed by atoms with Gasteiger partial charge in [0.2, 0.25) is 0 Å². The number of aliphatic hydroxyl groups excluding tert-OH is 2. The van der Waals surface area contributed by atoms with Crippen LogP contribution < -0.4 is 0 Å². The molecule has 1 aliphatic rings. The van der Waals surface area contributed by atoms with Crippen LogP contribution in [0.15, 0.2) is 0 Å². The van der Waals surface area contributed by atoms with Crippen molar-refractivity contribution in [1.29, 1.82) is 0 Å². The van der Waals surface area contributed by atoms with Crippen LogP contribution in [-0.4, -0.2) is 48.6 Å². The largest absolute Gasteiger partial charge is 0.465 e. The fourth-order valence-corrected chi connectivity index (χ4v) is 1.32. The predicted octanol–water partition coefficient (Wildman–Crippen LogP) is -0.761. The van der Waals surface area contributed by atoms with Gasteiger partial charge in [0.15, 0.2) is 18.0 Å². The lowest BCUT2D eigenvalue weighted by Gasteiger charge is -2.43. The molecule has 0 bridgehead atoms. The van der Waals surface area contributed by atoms with Gasteiger partial charge < -0.3 is 24.4 Å². The van der Waals surface area contributed by atoms with Crippen molar-refractivity contribution in [2.75, 3.05) is 19.8 Å². The molecule has 0 atom stereocenters. The topological polar surface area (TPSA) is 85.2 Å². The minimum atomic E-state index is -1.53. The number of hydrogen-bond acceptors (Lipinski definition) is 6. The highest BCUT2D eigenvalue weighted by molar-refractivity contribution is 5.77. The maximum atomic E-state index is 11.6. The molecule has 0 aromatic rings. The summed E-state index contributed by atoms with van der Waals surface area (Å²) in [6.07, 6.45) is -1.37. The summed E-state index contributed by atoms with van der Waals surface area (Å²) < 4.78 is 15.0. The Morgan fingerprint density at radius 2 is 1.93 bits per heavy atom. The Morgan fingerprint density at radius 3 is 2.27 bits per heavy atom. The van der Waals surface area contributed by atoms with Gasteiger partial charge in [-0.15, -0.1) is 0 Å². The second kappa shape index (κ2) is 4.89. The highest BCUT2D eigenvalue weighted by atomic mass is 16.9. The molecule has 0 aromatic heterocycles.